The first-order valence-corrected chi connectivity index (χ1v) is 5.91. The monoisotopic (exact) mass is 234 g/mol. The summed E-state index contributed by atoms with van der Waals surface area (Å²) in [7, 11) is 0. The van der Waals surface area contributed by atoms with Gasteiger partial charge < -0.3 is 16.2 Å². The largest absolute Gasteiger partial charge is 0.507 e. The number of phenols is 1. The molecule has 1 amide bonds. The maximum atomic E-state index is 11.8. The summed E-state index contributed by atoms with van der Waals surface area (Å²) < 4.78 is 0. The number of hydrogen-bond donors (Lipinski definition) is 3. The molecule has 0 aliphatic heterocycles. The lowest BCUT2D eigenvalue weighted by molar-refractivity contribution is 0.0947. The second-order valence-electron chi connectivity index (χ2n) is 4.73. The van der Waals surface area contributed by atoms with Crippen molar-refractivity contribution in [2.75, 3.05) is 6.54 Å². The highest BCUT2D eigenvalue weighted by molar-refractivity contribution is 5.96. The normalized spacial score (nSPS) is 16.6. The zero-order valence-corrected chi connectivity index (χ0v) is 9.94. The van der Waals surface area contributed by atoms with Crippen molar-refractivity contribution in [3.8, 4) is 5.75 Å². The fourth-order valence-corrected chi connectivity index (χ4v) is 1.83. The minimum Gasteiger partial charge on any atom is -0.507 e. The standard InChI is InChI=1S/C13H18N2O2/c1-8-2-5-10(12(16)6-8)13(17)15-7-11(14)9-3-4-9/h2,5-6,9,11,16H,3-4,7,14H2,1H3,(H,15,17). The molecular formula is C13H18N2O2. The number of carbonyl (C=O) groups excluding carboxylic acids is 1. The van der Waals surface area contributed by atoms with Crippen LogP contribution in [0.3, 0.4) is 0 Å². The van der Waals surface area contributed by atoms with E-state index in [2.05, 4.69) is 5.32 Å². The molecule has 17 heavy (non-hydrogen) atoms. The predicted octanol–water partition coefficient (Wildman–Crippen LogP) is 1.17. The molecule has 0 heterocycles. The van der Waals surface area contributed by atoms with Crippen LogP contribution in [-0.4, -0.2) is 23.6 Å². The number of hydrogen-bond acceptors (Lipinski definition) is 3. The molecule has 1 aliphatic carbocycles. The van der Waals surface area contributed by atoms with Crippen molar-refractivity contribution in [1.29, 1.82) is 0 Å². The third-order valence-electron chi connectivity index (χ3n) is 3.12. The van der Waals surface area contributed by atoms with Crippen molar-refractivity contribution in [2.45, 2.75) is 25.8 Å². The van der Waals surface area contributed by atoms with Crippen molar-refractivity contribution in [2.24, 2.45) is 11.7 Å². The van der Waals surface area contributed by atoms with Crippen LogP contribution in [0.2, 0.25) is 0 Å². The van der Waals surface area contributed by atoms with Crippen LogP contribution in [0.1, 0.15) is 28.8 Å². The van der Waals surface area contributed by atoms with Crippen LogP contribution < -0.4 is 11.1 Å². The highest BCUT2D eigenvalue weighted by Gasteiger charge is 2.28. The lowest BCUT2D eigenvalue weighted by atomic mass is 10.1. The van der Waals surface area contributed by atoms with Crippen LogP contribution in [0.15, 0.2) is 18.2 Å². The molecule has 1 aliphatic rings. The van der Waals surface area contributed by atoms with E-state index in [1.165, 1.54) is 0 Å². The second kappa shape index (κ2) is 4.75. The maximum absolute atomic E-state index is 11.8. The smallest absolute Gasteiger partial charge is 0.255 e. The Labute approximate surface area is 101 Å². The van der Waals surface area contributed by atoms with Crippen molar-refractivity contribution >= 4 is 5.91 Å². The summed E-state index contributed by atoms with van der Waals surface area (Å²) in [6, 6.07) is 5.04. The summed E-state index contributed by atoms with van der Waals surface area (Å²) in [6.07, 6.45) is 2.32. The minimum absolute atomic E-state index is 0.0162. The molecule has 1 saturated carbocycles. The van der Waals surface area contributed by atoms with Crippen LogP contribution in [0.25, 0.3) is 0 Å². The Morgan fingerprint density at radius 3 is 2.88 bits per heavy atom. The van der Waals surface area contributed by atoms with Gasteiger partial charge in [-0.05, 0) is 43.4 Å². The Morgan fingerprint density at radius 1 is 1.59 bits per heavy atom. The highest BCUT2D eigenvalue weighted by Crippen LogP contribution is 2.31. The zero-order chi connectivity index (χ0) is 12.4. The van der Waals surface area contributed by atoms with Gasteiger partial charge in [-0.2, -0.15) is 0 Å². The van der Waals surface area contributed by atoms with Crippen LogP contribution in [-0.2, 0) is 0 Å². The Hall–Kier alpha value is -1.55. The molecule has 0 aromatic heterocycles. The Bertz CT molecular complexity index is 427. The molecule has 0 saturated heterocycles. The topological polar surface area (TPSA) is 75.4 Å². The van der Waals surface area contributed by atoms with E-state index in [1.807, 2.05) is 6.92 Å². The molecular weight excluding hydrogens is 216 g/mol. The number of carbonyl (C=O) groups is 1. The fourth-order valence-electron chi connectivity index (χ4n) is 1.83. The molecule has 2 rings (SSSR count). The average Bonchev–Trinajstić information content (AvgIpc) is 3.09. The number of nitrogens with two attached hydrogens (primary N) is 1. The molecule has 1 fully saturated rings. The number of aromatic hydroxyl groups is 1. The van der Waals surface area contributed by atoms with Gasteiger partial charge in [-0.1, -0.05) is 6.07 Å². The number of phenolic OH excluding ortho intramolecular Hbond substituents is 1. The Kier molecular flexibility index (Phi) is 3.33. The van der Waals surface area contributed by atoms with E-state index >= 15 is 0 Å². The van der Waals surface area contributed by atoms with Crippen LogP contribution in [0.5, 0.6) is 5.75 Å². The fraction of sp³-hybridized carbons (Fsp3) is 0.462. The van der Waals surface area contributed by atoms with E-state index in [0.717, 1.165) is 18.4 Å². The molecule has 0 bridgehead atoms. The van der Waals surface area contributed by atoms with Gasteiger partial charge in [0, 0.05) is 12.6 Å². The molecule has 1 atom stereocenters. The minimum atomic E-state index is -0.265. The molecule has 4 heteroatoms. The highest BCUT2D eigenvalue weighted by atomic mass is 16.3. The second-order valence-corrected chi connectivity index (χ2v) is 4.73. The van der Waals surface area contributed by atoms with Gasteiger partial charge in [-0.3, -0.25) is 4.79 Å². The van der Waals surface area contributed by atoms with E-state index in [9.17, 15) is 9.90 Å². The lowest BCUT2D eigenvalue weighted by Crippen LogP contribution is -2.38. The number of aryl methyl sites for hydroxylation is 1. The van der Waals surface area contributed by atoms with Gasteiger partial charge in [0.2, 0.25) is 0 Å². The summed E-state index contributed by atoms with van der Waals surface area (Å²) in [5.74, 6) is 0.308. The molecule has 1 aromatic rings. The Morgan fingerprint density at radius 2 is 2.29 bits per heavy atom. The van der Waals surface area contributed by atoms with Gasteiger partial charge in [-0.15, -0.1) is 0 Å². The van der Waals surface area contributed by atoms with E-state index in [-0.39, 0.29) is 17.7 Å². The SMILES string of the molecule is Cc1ccc(C(=O)NCC(N)C2CC2)c(O)c1. The van der Waals surface area contributed by atoms with Gasteiger partial charge >= 0.3 is 0 Å². The van der Waals surface area contributed by atoms with Gasteiger partial charge in [-0.25, -0.2) is 0 Å². The summed E-state index contributed by atoms with van der Waals surface area (Å²) in [5, 5.41) is 12.4. The summed E-state index contributed by atoms with van der Waals surface area (Å²) in [6.45, 7) is 2.33. The number of benzene rings is 1. The van der Waals surface area contributed by atoms with E-state index in [1.54, 1.807) is 18.2 Å². The van der Waals surface area contributed by atoms with Crippen molar-refractivity contribution in [3.63, 3.8) is 0 Å². The molecule has 92 valence electrons. The quantitative estimate of drug-likeness (QED) is 0.732. The summed E-state index contributed by atoms with van der Waals surface area (Å²) >= 11 is 0. The molecule has 1 unspecified atom stereocenters. The number of rotatable bonds is 4. The van der Waals surface area contributed by atoms with Crippen molar-refractivity contribution < 1.29 is 9.90 Å². The Balaban J connectivity index is 1.94. The van der Waals surface area contributed by atoms with Crippen molar-refractivity contribution in [1.82, 2.24) is 5.32 Å². The van der Waals surface area contributed by atoms with Gasteiger partial charge in [0.05, 0.1) is 5.56 Å². The van der Waals surface area contributed by atoms with Gasteiger partial charge in [0.1, 0.15) is 5.75 Å². The van der Waals surface area contributed by atoms with Crippen LogP contribution in [0.4, 0.5) is 0 Å². The summed E-state index contributed by atoms with van der Waals surface area (Å²) in [5.41, 5.74) is 7.12. The molecule has 4 N–H and O–H groups in total. The molecule has 1 aromatic carbocycles. The third-order valence-corrected chi connectivity index (χ3v) is 3.12. The molecule has 0 radical (unpaired) electrons. The van der Waals surface area contributed by atoms with Gasteiger partial charge in [0.25, 0.3) is 5.91 Å². The summed E-state index contributed by atoms with van der Waals surface area (Å²) in [4.78, 5) is 11.8. The maximum Gasteiger partial charge on any atom is 0.255 e. The first kappa shape index (κ1) is 11.9. The van der Waals surface area contributed by atoms with E-state index < -0.39 is 0 Å². The number of nitrogens with one attached hydrogen (secondary N) is 1. The van der Waals surface area contributed by atoms with E-state index in [0.29, 0.717) is 18.0 Å². The van der Waals surface area contributed by atoms with Crippen LogP contribution >= 0.6 is 0 Å². The van der Waals surface area contributed by atoms with Gasteiger partial charge in [0.15, 0.2) is 0 Å². The van der Waals surface area contributed by atoms with Crippen molar-refractivity contribution in [3.05, 3.63) is 29.3 Å². The first-order valence-electron chi connectivity index (χ1n) is 5.91. The van der Waals surface area contributed by atoms with Crippen LogP contribution in [0, 0.1) is 12.8 Å². The molecule has 4 nitrogen and oxygen atoms in total. The third kappa shape index (κ3) is 2.97. The molecule has 0 spiro atoms. The average molecular weight is 234 g/mol. The van der Waals surface area contributed by atoms with E-state index in [4.69, 9.17) is 5.73 Å². The first-order chi connectivity index (χ1) is 8.08. The predicted molar refractivity (Wildman–Crippen MR) is 65.9 cm³/mol. The number of amides is 1. The zero-order valence-electron chi connectivity index (χ0n) is 9.94. The lowest BCUT2D eigenvalue weighted by Gasteiger charge is -2.12.